The molecule has 114 valence electrons. The zero-order valence-corrected chi connectivity index (χ0v) is 12.4. The number of oxime groups is 1. The minimum atomic E-state index is 0.133. The smallest absolute Gasteiger partial charge is 0.173 e. The lowest BCUT2D eigenvalue weighted by atomic mass is 10.1. The number of amidine groups is 1. The molecule has 1 unspecified atom stereocenters. The molecule has 3 rings (SSSR count). The summed E-state index contributed by atoms with van der Waals surface area (Å²) in [5.41, 5.74) is 9.00. The van der Waals surface area contributed by atoms with Gasteiger partial charge < -0.3 is 20.6 Å². The number of nitrogens with two attached hydrogens (primary N) is 1. The van der Waals surface area contributed by atoms with Gasteiger partial charge in [0.1, 0.15) is 5.82 Å². The zero-order valence-electron chi connectivity index (χ0n) is 12.4. The quantitative estimate of drug-likeness (QED) is 0.379. The predicted molar refractivity (Wildman–Crippen MR) is 81.0 cm³/mol. The number of nitrogens with zero attached hydrogens (tertiary/aromatic N) is 3. The first-order chi connectivity index (χ1) is 10.2. The highest BCUT2D eigenvalue weighted by Gasteiger charge is 2.28. The Morgan fingerprint density at radius 1 is 1.57 bits per heavy atom. The van der Waals surface area contributed by atoms with Crippen LogP contribution in [0.15, 0.2) is 11.2 Å². The van der Waals surface area contributed by atoms with Gasteiger partial charge in [-0.3, -0.25) is 0 Å². The van der Waals surface area contributed by atoms with Gasteiger partial charge in [-0.05, 0) is 37.3 Å². The van der Waals surface area contributed by atoms with E-state index in [1.165, 1.54) is 5.56 Å². The third-order valence-corrected chi connectivity index (χ3v) is 4.39. The van der Waals surface area contributed by atoms with Gasteiger partial charge in [0.25, 0.3) is 0 Å². The van der Waals surface area contributed by atoms with E-state index < -0.39 is 0 Å². The van der Waals surface area contributed by atoms with Crippen molar-refractivity contribution in [3.05, 3.63) is 22.9 Å². The summed E-state index contributed by atoms with van der Waals surface area (Å²) in [5, 5.41) is 12.3. The van der Waals surface area contributed by atoms with Gasteiger partial charge in [0.2, 0.25) is 0 Å². The molecular formula is C15H22N4O2. The van der Waals surface area contributed by atoms with Crippen molar-refractivity contribution in [3.8, 4) is 0 Å². The van der Waals surface area contributed by atoms with Crippen molar-refractivity contribution in [2.75, 3.05) is 24.7 Å². The van der Waals surface area contributed by atoms with E-state index in [4.69, 9.17) is 20.7 Å². The molecule has 0 saturated carbocycles. The summed E-state index contributed by atoms with van der Waals surface area (Å²) in [6.45, 7) is 4.31. The molecule has 6 heteroatoms. The molecule has 1 aromatic rings. The van der Waals surface area contributed by atoms with Gasteiger partial charge in [-0.2, -0.15) is 0 Å². The third kappa shape index (κ3) is 2.55. The monoisotopic (exact) mass is 290 g/mol. The minimum Gasteiger partial charge on any atom is -0.409 e. The second-order valence-corrected chi connectivity index (χ2v) is 5.63. The fourth-order valence-electron chi connectivity index (χ4n) is 3.19. The van der Waals surface area contributed by atoms with Gasteiger partial charge in [0.15, 0.2) is 5.84 Å². The summed E-state index contributed by atoms with van der Waals surface area (Å²) in [7, 11) is 0. The molecule has 0 aromatic carbocycles. The fourth-order valence-corrected chi connectivity index (χ4v) is 3.19. The molecule has 3 N–H and O–H groups in total. The molecular weight excluding hydrogens is 268 g/mol. The van der Waals surface area contributed by atoms with E-state index in [9.17, 15) is 0 Å². The van der Waals surface area contributed by atoms with Crippen LogP contribution in [-0.4, -0.2) is 41.8 Å². The summed E-state index contributed by atoms with van der Waals surface area (Å²) >= 11 is 0. The highest BCUT2D eigenvalue weighted by Crippen LogP contribution is 2.29. The highest BCUT2D eigenvalue weighted by atomic mass is 16.5. The third-order valence-electron chi connectivity index (χ3n) is 4.39. The number of hydrogen-bond donors (Lipinski definition) is 2. The number of fused-ring (bicyclic) bond motifs is 1. The molecule has 0 bridgehead atoms. The van der Waals surface area contributed by atoms with Gasteiger partial charge in [0.05, 0.1) is 24.8 Å². The molecule has 1 aromatic heterocycles. The van der Waals surface area contributed by atoms with Crippen molar-refractivity contribution in [2.24, 2.45) is 10.9 Å². The number of pyridine rings is 1. The number of morpholine rings is 1. The van der Waals surface area contributed by atoms with Crippen molar-refractivity contribution in [1.29, 1.82) is 0 Å². The molecule has 21 heavy (non-hydrogen) atoms. The normalized spacial score (nSPS) is 22.4. The lowest BCUT2D eigenvalue weighted by molar-refractivity contribution is 0.0925. The predicted octanol–water partition coefficient (Wildman–Crippen LogP) is 1.28. The van der Waals surface area contributed by atoms with E-state index >= 15 is 0 Å². The van der Waals surface area contributed by atoms with E-state index in [0.717, 1.165) is 49.3 Å². The van der Waals surface area contributed by atoms with Crippen LogP contribution < -0.4 is 10.6 Å². The van der Waals surface area contributed by atoms with Crippen LogP contribution in [0.2, 0.25) is 0 Å². The van der Waals surface area contributed by atoms with E-state index in [2.05, 4.69) is 17.0 Å². The Bertz CT molecular complexity index is 559. The summed E-state index contributed by atoms with van der Waals surface area (Å²) < 4.78 is 5.56. The van der Waals surface area contributed by atoms with E-state index in [1.54, 1.807) is 0 Å². The summed E-state index contributed by atoms with van der Waals surface area (Å²) in [6.07, 6.45) is 4.14. The number of ether oxygens (including phenoxy) is 1. The molecule has 2 heterocycles. The Labute approximate surface area is 124 Å². The Balaban J connectivity index is 2.07. The van der Waals surface area contributed by atoms with Crippen LogP contribution in [0, 0.1) is 0 Å². The topological polar surface area (TPSA) is 84.0 Å². The molecule has 2 aliphatic rings. The van der Waals surface area contributed by atoms with Gasteiger partial charge in [-0.25, -0.2) is 4.98 Å². The van der Waals surface area contributed by atoms with E-state index in [-0.39, 0.29) is 11.9 Å². The van der Waals surface area contributed by atoms with Crippen LogP contribution in [-0.2, 0) is 17.6 Å². The average Bonchev–Trinajstić information content (AvgIpc) is 3.00. The van der Waals surface area contributed by atoms with Crippen molar-refractivity contribution in [2.45, 2.75) is 38.6 Å². The molecule has 0 spiro atoms. The first kappa shape index (κ1) is 14.1. The second-order valence-electron chi connectivity index (χ2n) is 5.63. The van der Waals surface area contributed by atoms with Gasteiger partial charge >= 0.3 is 0 Å². The van der Waals surface area contributed by atoms with Crippen molar-refractivity contribution in [3.63, 3.8) is 0 Å². The first-order valence-corrected chi connectivity index (χ1v) is 7.59. The molecule has 1 fully saturated rings. The SMILES string of the molecule is CCC1COCCN1c1nc2c(cc1C(N)=NO)CCC2. The van der Waals surface area contributed by atoms with Crippen LogP contribution in [0.1, 0.15) is 36.6 Å². The minimum absolute atomic E-state index is 0.133. The maximum absolute atomic E-state index is 9.07. The van der Waals surface area contributed by atoms with E-state index in [0.29, 0.717) is 13.2 Å². The van der Waals surface area contributed by atoms with Crippen LogP contribution in [0.4, 0.5) is 5.82 Å². The number of aromatic nitrogens is 1. The summed E-state index contributed by atoms with van der Waals surface area (Å²) in [4.78, 5) is 7.09. The maximum atomic E-state index is 9.07. The number of hydrogen-bond acceptors (Lipinski definition) is 5. The van der Waals surface area contributed by atoms with Crippen LogP contribution in [0.3, 0.4) is 0 Å². The Morgan fingerprint density at radius 2 is 2.43 bits per heavy atom. The Hall–Kier alpha value is -1.82. The van der Waals surface area contributed by atoms with Crippen molar-refractivity contribution < 1.29 is 9.94 Å². The second kappa shape index (κ2) is 5.89. The first-order valence-electron chi connectivity index (χ1n) is 7.59. The zero-order chi connectivity index (χ0) is 14.8. The largest absolute Gasteiger partial charge is 0.409 e. The standard InChI is InChI=1S/C15H22N4O2/c1-2-11-9-21-7-6-19(11)15-12(14(16)18-20)8-10-4-3-5-13(10)17-15/h8,11,20H,2-7,9H2,1H3,(H2,16,18). The molecule has 1 saturated heterocycles. The number of rotatable bonds is 3. The Morgan fingerprint density at radius 3 is 3.19 bits per heavy atom. The molecule has 1 aliphatic carbocycles. The highest BCUT2D eigenvalue weighted by molar-refractivity contribution is 6.01. The van der Waals surface area contributed by atoms with Crippen LogP contribution in [0.25, 0.3) is 0 Å². The van der Waals surface area contributed by atoms with Gasteiger partial charge in [-0.1, -0.05) is 12.1 Å². The van der Waals surface area contributed by atoms with Crippen molar-refractivity contribution >= 4 is 11.7 Å². The number of anilines is 1. The van der Waals surface area contributed by atoms with E-state index in [1.807, 2.05) is 6.07 Å². The summed E-state index contributed by atoms with van der Waals surface area (Å²) in [5.74, 6) is 0.967. The lowest BCUT2D eigenvalue weighted by Gasteiger charge is -2.37. The van der Waals surface area contributed by atoms with Crippen LogP contribution >= 0.6 is 0 Å². The molecule has 6 nitrogen and oxygen atoms in total. The molecule has 1 aliphatic heterocycles. The maximum Gasteiger partial charge on any atom is 0.173 e. The average molecular weight is 290 g/mol. The van der Waals surface area contributed by atoms with Gasteiger partial charge in [0, 0.05) is 12.2 Å². The lowest BCUT2D eigenvalue weighted by Crippen LogP contribution is -2.46. The van der Waals surface area contributed by atoms with Gasteiger partial charge in [-0.15, -0.1) is 0 Å². The number of aryl methyl sites for hydroxylation is 2. The molecule has 1 atom stereocenters. The van der Waals surface area contributed by atoms with Crippen molar-refractivity contribution in [1.82, 2.24) is 4.98 Å². The Kier molecular flexibility index (Phi) is 3.96. The molecule has 0 amide bonds. The van der Waals surface area contributed by atoms with Crippen LogP contribution in [0.5, 0.6) is 0 Å². The molecule has 0 radical (unpaired) electrons. The fraction of sp³-hybridized carbons (Fsp3) is 0.600. The summed E-state index contributed by atoms with van der Waals surface area (Å²) in [6, 6.07) is 2.33.